The van der Waals surface area contributed by atoms with Gasteiger partial charge in [-0.2, -0.15) is 30.7 Å². The molecule has 0 aromatic carbocycles. The molecule has 3 heterocycles. The van der Waals surface area contributed by atoms with Gasteiger partial charge in [0.15, 0.2) is 0 Å². The Kier molecular flexibility index (Phi) is 3.06. The molecule has 0 aromatic heterocycles. The first kappa shape index (κ1) is 14.9. The maximum atomic E-state index is 4.55. The van der Waals surface area contributed by atoms with E-state index in [-0.39, 0.29) is 5.92 Å². The molecule has 0 aromatic rings. The lowest BCUT2D eigenvalue weighted by atomic mass is 9.63. The molecule has 0 atom stereocenters. The van der Waals surface area contributed by atoms with Crippen LogP contribution in [0.4, 0.5) is 0 Å². The van der Waals surface area contributed by atoms with Crippen LogP contribution in [0.1, 0.15) is 41.5 Å². The van der Waals surface area contributed by atoms with Gasteiger partial charge >= 0.3 is 0 Å². The van der Waals surface area contributed by atoms with E-state index in [1.54, 1.807) is 0 Å². The molecule has 3 aliphatic heterocycles. The van der Waals surface area contributed by atoms with Gasteiger partial charge in [-0.25, -0.2) is 0 Å². The summed E-state index contributed by atoms with van der Waals surface area (Å²) < 4.78 is 0. The summed E-state index contributed by atoms with van der Waals surface area (Å²) in [5.74, 6) is -0.0592. The summed E-state index contributed by atoms with van der Waals surface area (Å²) in [4.78, 5) is 0. The molecule has 0 N–H and O–H groups in total. The van der Waals surface area contributed by atoms with E-state index in [1.165, 1.54) is 0 Å². The van der Waals surface area contributed by atoms with Gasteiger partial charge in [-0.15, -0.1) is 0 Å². The maximum absolute atomic E-state index is 4.55. The van der Waals surface area contributed by atoms with Crippen LogP contribution in [0.3, 0.4) is 0 Å². The quantitative estimate of drug-likeness (QED) is 0.704. The second kappa shape index (κ2) is 4.51. The SMILES string of the molecule is CC1=CC(C)(C(C2(C)C=C(C)N=N2)C2(C)C=C(C)N=N2)N=N1. The Morgan fingerprint density at radius 2 is 0.909 bits per heavy atom. The van der Waals surface area contributed by atoms with Crippen molar-refractivity contribution in [1.82, 2.24) is 0 Å². The third kappa shape index (κ3) is 2.17. The Morgan fingerprint density at radius 3 is 1.09 bits per heavy atom. The van der Waals surface area contributed by atoms with Crippen LogP contribution in [-0.4, -0.2) is 16.6 Å². The highest BCUT2D eigenvalue weighted by molar-refractivity contribution is 5.34. The normalized spacial score (nSPS) is 40.9. The van der Waals surface area contributed by atoms with E-state index >= 15 is 0 Å². The second-order valence-corrected chi connectivity index (χ2v) is 7.07. The van der Waals surface area contributed by atoms with Gasteiger partial charge in [-0.3, -0.25) is 0 Å². The molecule has 0 unspecified atom stereocenters. The topological polar surface area (TPSA) is 74.2 Å². The number of rotatable bonds is 3. The van der Waals surface area contributed by atoms with E-state index < -0.39 is 16.6 Å². The number of azo groups is 3. The van der Waals surface area contributed by atoms with Crippen molar-refractivity contribution in [2.75, 3.05) is 0 Å². The lowest BCUT2D eigenvalue weighted by Crippen LogP contribution is -2.54. The highest BCUT2D eigenvalue weighted by Gasteiger charge is 2.57. The van der Waals surface area contributed by atoms with Gasteiger partial charge in [0.2, 0.25) is 0 Å². The molecule has 3 rings (SSSR count). The fourth-order valence-corrected chi connectivity index (χ4v) is 4.20. The highest BCUT2D eigenvalue weighted by Crippen LogP contribution is 2.51. The van der Waals surface area contributed by atoms with Crippen LogP contribution in [-0.2, 0) is 0 Å². The second-order valence-electron chi connectivity index (χ2n) is 7.07. The predicted molar refractivity (Wildman–Crippen MR) is 84.5 cm³/mol. The lowest BCUT2D eigenvalue weighted by molar-refractivity contribution is 0.179. The summed E-state index contributed by atoms with van der Waals surface area (Å²) in [6.45, 7) is 12.1. The van der Waals surface area contributed by atoms with Crippen LogP contribution in [0, 0.1) is 5.92 Å². The van der Waals surface area contributed by atoms with Crippen LogP contribution in [0.25, 0.3) is 0 Å². The molecule has 0 spiro atoms. The minimum absolute atomic E-state index is 0.0592. The van der Waals surface area contributed by atoms with Gasteiger partial charge in [0.1, 0.15) is 16.6 Å². The fourth-order valence-electron chi connectivity index (χ4n) is 4.20. The van der Waals surface area contributed by atoms with E-state index in [0.29, 0.717) is 0 Å². The zero-order chi connectivity index (χ0) is 16.2. The first-order valence-electron chi connectivity index (χ1n) is 7.54. The van der Waals surface area contributed by atoms with Gasteiger partial charge in [0, 0.05) is 0 Å². The van der Waals surface area contributed by atoms with Crippen molar-refractivity contribution in [3.05, 3.63) is 35.3 Å². The standard InChI is InChI=1S/C16H22N6/c1-10-7-14(4,20-17-10)13(15(5)8-11(2)18-21-15)16(6)9-12(3)19-22-16/h7-9,13H,1-6H3. The van der Waals surface area contributed by atoms with Crippen molar-refractivity contribution in [2.45, 2.75) is 58.2 Å². The van der Waals surface area contributed by atoms with Gasteiger partial charge in [0.25, 0.3) is 0 Å². The first-order chi connectivity index (χ1) is 10.2. The van der Waals surface area contributed by atoms with Crippen LogP contribution in [0.2, 0.25) is 0 Å². The van der Waals surface area contributed by atoms with E-state index in [0.717, 1.165) is 17.1 Å². The fraction of sp³-hybridized carbons (Fsp3) is 0.625. The summed E-state index contributed by atoms with van der Waals surface area (Å²) in [6, 6.07) is 0. The first-order valence-corrected chi connectivity index (χ1v) is 7.54. The highest BCUT2D eigenvalue weighted by atomic mass is 15.3. The van der Waals surface area contributed by atoms with Gasteiger partial charge in [-0.05, 0) is 59.8 Å². The number of hydrogen-bond donors (Lipinski definition) is 0. The molecule has 6 nitrogen and oxygen atoms in total. The number of nitrogens with zero attached hydrogens (tertiary/aromatic N) is 6. The number of allylic oxidation sites excluding steroid dienone is 3. The zero-order valence-electron chi connectivity index (χ0n) is 14.0. The Hall–Kier alpha value is -1.98. The summed E-state index contributed by atoms with van der Waals surface area (Å²) in [5.41, 5.74) is 1.29. The molecule has 116 valence electrons. The average molecular weight is 298 g/mol. The zero-order valence-corrected chi connectivity index (χ0v) is 14.0. The van der Waals surface area contributed by atoms with Gasteiger partial charge in [0.05, 0.1) is 23.0 Å². The average Bonchev–Trinajstić information content (AvgIpc) is 3.01. The largest absolute Gasteiger partial charge is 0.178 e. The molecule has 22 heavy (non-hydrogen) atoms. The van der Waals surface area contributed by atoms with Crippen molar-refractivity contribution in [1.29, 1.82) is 0 Å². The molecule has 6 heteroatoms. The van der Waals surface area contributed by atoms with Gasteiger partial charge < -0.3 is 0 Å². The van der Waals surface area contributed by atoms with E-state index in [9.17, 15) is 0 Å². The smallest absolute Gasteiger partial charge is 0.107 e. The summed E-state index contributed by atoms with van der Waals surface area (Å²) in [5, 5.41) is 26.4. The number of hydrogen-bond acceptors (Lipinski definition) is 6. The molecular formula is C16H22N6. The maximum Gasteiger partial charge on any atom is 0.107 e. The van der Waals surface area contributed by atoms with E-state index in [4.69, 9.17) is 0 Å². The molecule has 0 saturated carbocycles. The van der Waals surface area contributed by atoms with Crippen molar-refractivity contribution in [3.8, 4) is 0 Å². The monoisotopic (exact) mass is 298 g/mol. The molecule has 0 aliphatic carbocycles. The Labute approximate surface area is 130 Å². The van der Waals surface area contributed by atoms with Gasteiger partial charge in [-0.1, -0.05) is 0 Å². The molecule has 3 aliphatic rings. The Balaban J connectivity index is 2.16. The Bertz CT molecular complexity index is 602. The van der Waals surface area contributed by atoms with E-state index in [1.807, 2.05) is 20.8 Å². The Morgan fingerprint density at radius 1 is 0.636 bits per heavy atom. The van der Waals surface area contributed by atoms with Crippen LogP contribution in [0.5, 0.6) is 0 Å². The summed E-state index contributed by atoms with van der Waals surface area (Å²) in [7, 11) is 0. The molecule has 0 fully saturated rings. The van der Waals surface area contributed by atoms with Crippen molar-refractivity contribution in [3.63, 3.8) is 0 Å². The minimum atomic E-state index is -0.492. The molecule has 0 saturated heterocycles. The summed E-state index contributed by atoms with van der Waals surface area (Å²) in [6.07, 6.45) is 6.30. The third-order valence-corrected chi connectivity index (χ3v) is 4.53. The molecule has 0 radical (unpaired) electrons. The molecule has 0 bridgehead atoms. The minimum Gasteiger partial charge on any atom is -0.178 e. The van der Waals surface area contributed by atoms with E-state index in [2.05, 4.69) is 69.7 Å². The predicted octanol–water partition coefficient (Wildman–Crippen LogP) is 4.99. The molecular weight excluding hydrogens is 276 g/mol. The third-order valence-electron chi connectivity index (χ3n) is 4.53. The van der Waals surface area contributed by atoms with Crippen LogP contribution in [0.15, 0.2) is 66.0 Å². The van der Waals surface area contributed by atoms with Crippen LogP contribution >= 0.6 is 0 Å². The van der Waals surface area contributed by atoms with Crippen molar-refractivity contribution < 1.29 is 0 Å². The van der Waals surface area contributed by atoms with Crippen molar-refractivity contribution >= 4 is 0 Å². The van der Waals surface area contributed by atoms with Crippen molar-refractivity contribution in [2.24, 2.45) is 36.6 Å². The molecule has 0 amide bonds. The van der Waals surface area contributed by atoms with Crippen LogP contribution < -0.4 is 0 Å². The lowest BCUT2D eigenvalue weighted by Gasteiger charge is -2.43. The summed E-state index contributed by atoms with van der Waals surface area (Å²) >= 11 is 0.